The van der Waals surface area contributed by atoms with Gasteiger partial charge in [-0.2, -0.15) is 0 Å². The second-order valence-electron chi connectivity index (χ2n) is 3.97. The molecule has 2 rings (SSSR count). The normalized spacial score (nSPS) is 19.7. The van der Waals surface area contributed by atoms with Crippen LogP contribution in [0.25, 0.3) is 0 Å². The van der Waals surface area contributed by atoms with Crippen LogP contribution in [0.3, 0.4) is 0 Å². The molecule has 1 amide bonds. The van der Waals surface area contributed by atoms with Crippen LogP contribution >= 0.6 is 0 Å². The maximum Gasteiger partial charge on any atom is 0.336 e. The third kappa shape index (κ3) is 2.35. The van der Waals surface area contributed by atoms with E-state index in [9.17, 15) is 9.59 Å². The molecule has 1 fully saturated rings. The van der Waals surface area contributed by atoms with Gasteiger partial charge in [0.2, 0.25) is 5.76 Å². The van der Waals surface area contributed by atoms with Crippen LogP contribution in [0.4, 0.5) is 0 Å². The fourth-order valence-corrected chi connectivity index (χ4v) is 1.75. The van der Waals surface area contributed by atoms with E-state index in [-0.39, 0.29) is 18.2 Å². The highest BCUT2D eigenvalue weighted by molar-refractivity contribution is 5.93. The maximum atomic E-state index is 12.1. The molecule has 0 saturated carbocycles. The lowest BCUT2D eigenvalue weighted by atomic mass is 10.2. The Balaban J connectivity index is 2.07. The van der Waals surface area contributed by atoms with E-state index in [1.54, 1.807) is 6.92 Å². The number of amides is 1. The lowest BCUT2D eigenvalue weighted by molar-refractivity contribution is -0.158. The third-order valence-electron chi connectivity index (χ3n) is 2.76. The number of ether oxygens (including phenoxy) is 2. The van der Waals surface area contributed by atoms with E-state index >= 15 is 0 Å². The van der Waals surface area contributed by atoms with Crippen molar-refractivity contribution in [1.82, 2.24) is 10.1 Å². The molecule has 18 heavy (non-hydrogen) atoms. The Morgan fingerprint density at radius 3 is 2.94 bits per heavy atom. The lowest BCUT2D eigenvalue weighted by Crippen LogP contribution is -2.48. The summed E-state index contributed by atoms with van der Waals surface area (Å²) < 4.78 is 14.7. The Morgan fingerprint density at radius 1 is 1.56 bits per heavy atom. The number of hydrogen-bond acceptors (Lipinski definition) is 6. The summed E-state index contributed by atoms with van der Waals surface area (Å²) in [6.45, 7) is 2.60. The van der Waals surface area contributed by atoms with E-state index in [4.69, 9.17) is 9.26 Å². The topological polar surface area (TPSA) is 81.9 Å². The van der Waals surface area contributed by atoms with Crippen molar-refractivity contribution >= 4 is 11.9 Å². The van der Waals surface area contributed by atoms with E-state index in [1.165, 1.54) is 18.2 Å². The van der Waals surface area contributed by atoms with Crippen molar-refractivity contribution in [1.29, 1.82) is 0 Å². The minimum absolute atomic E-state index is 0.158. The van der Waals surface area contributed by atoms with E-state index < -0.39 is 12.1 Å². The van der Waals surface area contributed by atoms with Crippen molar-refractivity contribution in [3.63, 3.8) is 0 Å². The summed E-state index contributed by atoms with van der Waals surface area (Å²) in [5.74, 6) is -0.579. The maximum absolute atomic E-state index is 12.1. The smallest absolute Gasteiger partial charge is 0.336 e. The van der Waals surface area contributed by atoms with Crippen LogP contribution in [0, 0.1) is 6.92 Å². The fourth-order valence-electron chi connectivity index (χ4n) is 1.75. The van der Waals surface area contributed by atoms with Gasteiger partial charge >= 0.3 is 5.97 Å². The predicted octanol–water partition coefficient (Wildman–Crippen LogP) is -0.00298. The second-order valence-corrected chi connectivity index (χ2v) is 3.97. The number of carbonyl (C=O) groups excluding carboxylic acids is 2. The Labute approximate surface area is 104 Å². The molecule has 0 spiro atoms. The van der Waals surface area contributed by atoms with Gasteiger partial charge in [-0.05, 0) is 6.92 Å². The van der Waals surface area contributed by atoms with Crippen molar-refractivity contribution in [3.8, 4) is 0 Å². The molecule has 0 radical (unpaired) electrons. The van der Waals surface area contributed by atoms with Gasteiger partial charge in [-0.1, -0.05) is 5.16 Å². The summed E-state index contributed by atoms with van der Waals surface area (Å²) in [7, 11) is 1.28. The van der Waals surface area contributed by atoms with Gasteiger partial charge in [0.25, 0.3) is 5.91 Å². The number of methoxy groups -OCH3 is 1. The summed E-state index contributed by atoms with van der Waals surface area (Å²) in [4.78, 5) is 25.0. The quantitative estimate of drug-likeness (QED) is 0.691. The Hall–Kier alpha value is -1.89. The summed E-state index contributed by atoms with van der Waals surface area (Å²) in [6, 6.07) is 0. The molecule has 1 unspecified atom stereocenters. The number of hydrogen-bond donors (Lipinski definition) is 0. The summed E-state index contributed by atoms with van der Waals surface area (Å²) in [5.41, 5.74) is 0.668. The van der Waals surface area contributed by atoms with E-state index in [0.717, 1.165) is 0 Å². The molecule has 2 heterocycles. The molecule has 1 atom stereocenters. The van der Waals surface area contributed by atoms with Crippen molar-refractivity contribution in [2.75, 3.05) is 26.8 Å². The zero-order chi connectivity index (χ0) is 13.1. The lowest BCUT2D eigenvalue weighted by Gasteiger charge is -2.30. The number of morpholine rings is 1. The Kier molecular flexibility index (Phi) is 3.61. The molecule has 1 aromatic heterocycles. The van der Waals surface area contributed by atoms with Gasteiger partial charge in [0, 0.05) is 12.1 Å². The SMILES string of the molecule is COC(=O)C1CN(C(=O)c2oncc2C)CCO1. The molecular weight excluding hydrogens is 240 g/mol. The van der Waals surface area contributed by atoms with Crippen LogP contribution in [-0.2, 0) is 14.3 Å². The van der Waals surface area contributed by atoms with Gasteiger partial charge in [0.1, 0.15) is 0 Å². The molecule has 1 saturated heterocycles. The van der Waals surface area contributed by atoms with Gasteiger partial charge in [-0.15, -0.1) is 0 Å². The van der Waals surface area contributed by atoms with Crippen molar-refractivity contribution in [2.24, 2.45) is 0 Å². The highest BCUT2D eigenvalue weighted by atomic mass is 16.6. The highest BCUT2D eigenvalue weighted by Crippen LogP contribution is 2.14. The van der Waals surface area contributed by atoms with Crippen molar-refractivity contribution in [3.05, 3.63) is 17.5 Å². The molecule has 1 aliphatic heterocycles. The Bertz CT molecular complexity index is 456. The molecule has 0 aliphatic carbocycles. The number of carbonyl (C=O) groups is 2. The van der Waals surface area contributed by atoms with Gasteiger partial charge in [0.15, 0.2) is 6.10 Å². The van der Waals surface area contributed by atoms with Crippen LogP contribution in [0.1, 0.15) is 16.1 Å². The summed E-state index contributed by atoms with van der Waals surface area (Å²) in [5, 5.41) is 3.56. The number of aromatic nitrogens is 1. The van der Waals surface area contributed by atoms with Crippen LogP contribution in [0.5, 0.6) is 0 Å². The standard InChI is InChI=1S/C11H14N2O5/c1-7-5-12-18-9(7)10(14)13-3-4-17-8(6-13)11(15)16-2/h5,8H,3-4,6H2,1-2H3. The predicted molar refractivity (Wildman–Crippen MR) is 58.9 cm³/mol. The van der Waals surface area contributed by atoms with E-state index in [0.29, 0.717) is 18.7 Å². The molecular formula is C11H14N2O5. The minimum atomic E-state index is -0.740. The number of aryl methyl sites for hydroxylation is 1. The minimum Gasteiger partial charge on any atom is -0.467 e. The molecule has 0 aromatic carbocycles. The molecule has 7 nitrogen and oxygen atoms in total. The second kappa shape index (κ2) is 5.18. The van der Waals surface area contributed by atoms with E-state index in [1.807, 2.05) is 0 Å². The first kappa shape index (κ1) is 12.6. The molecule has 1 aromatic rings. The third-order valence-corrected chi connectivity index (χ3v) is 2.76. The highest BCUT2D eigenvalue weighted by Gasteiger charge is 2.32. The van der Waals surface area contributed by atoms with Crippen LogP contribution in [-0.4, -0.2) is 54.8 Å². The first-order valence-corrected chi connectivity index (χ1v) is 5.53. The fraction of sp³-hybridized carbons (Fsp3) is 0.545. The molecule has 7 heteroatoms. The van der Waals surface area contributed by atoms with Gasteiger partial charge in [-0.25, -0.2) is 4.79 Å². The van der Waals surface area contributed by atoms with E-state index in [2.05, 4.69) is 9.89 Å². The number of nitrogens with zero attached hydrogens (tertiary/aromatic N) is 2. The average molecular weight is 254 g/mol. The van der Waals surface area contributed by atoms with Gasteiger partial charge in [-0.3, -0.25) is 4.79 Å². The Morgan fingerprint density at radius 2 is 2.33 bits per heavy atom. The molecule has 0 N–H and O–H groups in total. The summed E-state index contributed by atoms with van der Waals surface area (Å²) >= 11 is 0. The van der Waals surface area contributed by atoms with Crippen LogP contribution in [0.15, 0.2) is 10.7 Å². The molecule has 1 aliphatic rings. The van der Waals surface area contributed by atoms with Gasteiger partial charge in [0.05, 0.1) is 26.5 Å². The first-order valence-electron chi connectivity index (χ1n) is 5.53. The van der Waals surface area contributed by atoms with Crippen LogP contribution in [0.2, 0.25) is 0 Å². The largest absolute Gasteiger partial charge is 0.467 e. The van der Waals surface area contributed by atoms with Crippen LogP contribution < -0.4 is 0 Å². The zero-order valence-corrected chi connectivity index (χ0v) is 10.2. The number of rotatable bonds is 2. The van der Waals surface area contributed by atoms with Gasteiger partial charge < -0.3 is 18.9 Å². The first-order chi connectivity index (χ1) is 8.63. The summed E-state index contributed by atoms with van der Waals surface area (Å²) in [6.07, 6.45) is 0.738. The average Bonchev–Trinajstić information content (AvgIpc) is 2.83. The monoisotopic (exact) mass is 254 g/mol. The number of esters is 1. The van der Waals surface area contributed by atoms with Crippen molar-refractivity contribution in [2.45, 2.75) is 13.0 Å². The zero-order valence-electron chi connectivity index (χ0n) is 10.2. The molecule has 0 bridgehead atoms. The van der Waals surface area contributed by atoms with Crippen molar-refractivity contribution < 1.29 is 23.6 Å². The molecule has 98 valence electrons.